The third-order valence-electron chi connectivity index (χ3n) is 3.26. The molecule has 8 heteroatoms. The van der Waals surface area contributed by atoms with Gasteiger partial charge in [0, 0.05) is 13.1 Å². The molecule has 0 fully saturated rings. The van der Waals surface area contributed by atoms with Crippen LogP contribution in [-0.2, 0) is 0 Å². The Morgan fingerprint density at radius 3 is 2.38 bits per heavy atom. The molecule has 0 spiro atoms. The minimum absolute atomic E-state index is 0.179. The first-order valence-corrected chi connectivity index (χ1v) is 7.13. The molecule has 2 aromatic heterocycles. The van der Waals surface area contributed by atoms with Gasteiger partial charge >= 0.3 is 0 Å². The molecule has 114 valence electrons. The standard InChI is InChI=1S/C13H22N8/c1-5-13(3,4)7-16-11-18-10(15-6-2)19-12(20-11)21-9-14-8-17-21/h8-9H,5-7H2,1-4H3,(H2,15,16,18,19,20). The molecule has 2 rings (SSSR count). The topological polar surface area (TPSA) is 93.4 Å². The summed E-state index contributed by atoms with van der Waals surface area (Å²) in [7, 11) is 0. The maximum absolute atomic E-state index is 4.38. The van der Waals surface area contributed by atoms with Gasteiger partial charge in [-0.2, -0.15) is 24.7 Å². The Morgan fingerprint density at radius 2 is 1.81 bits per heavy atom. The monoisotopic (exact) mass is 290 g/mol. The van der Waals surface area contributed by atoms with E-state index < -0.39 is 0 Å². The van der Waals surface area contributed by atoms with Gasteiger partial charge in [0.2, 0.25) is 11.9 Å². The van der Waals surface area contributed by atoms with E-state index in [4.69, 9.17) is 0 Å². The molecule has 0 aliphatic rings. The minimum Gasteiger partial charge on any atom is -0.354 e. The second-order valence-corrected chi connectivity index (χ2v) is 5.52. The van der Waals surface area contributed by atoms with Crippen LogP contribution in [-0.4, -0.2) is 42.8 Å². The van der Waals surface area contributed by atoms with Crippen LogP contribution in [0.25, 0.3) is 5.95 Å². The van der Waals surface area contributed by atoms with E-state index in [1.165, 1.54) is 11.0 Å². The van der Waals surface area contributed by atoms with E-state index in [9.17, 15) is 0 Å². The summed E-state index contributed by atoms with van der Waals surface area (Å²) in [6.07, 6.45) is 4.08. The molecular formula is C13H22N8. The Bertz CT molecular complexity index is 564. The number of nitrogens with one attached hydrogen (secondary N) is 2. The van der Waals surface area contributed by atoms with Gasteiger partial charge in [-0.15, -0.1) is 0 Å². The molecule has 0 aromatic carbocycles. The van der Waals surface area contributed by atoms with Crippen LogP contribution in [0.5, 0.6) is 0 Å². The lowest BCUT2D eigenvalue weighted by Crippen LogP contribution is -2.23. The fraction of sp³-hybridized carbons (Fsp3) is 0.615. The van der Waals surface area contributed by atoms with Crippen molar-refractivity contribution in [2.75, 3.05) is 23.7 Å². The average molecular weight is 290 g/mol. The largest absolute Gasteiger partial charge is 0.354 e. The van der Waals surface area contributed by atoms with Crippen molar-refractivity contribution in [1.29, 1.82) is 0 Å². The van der Waals surface area contributed by atoms with Crippen molar-refractivity contribution in [2.24, 2.45) is 5.41 Å². The van der Waals surface area contributed by atoms with Gasteiger partial charge in [0.1, 0.15) is 12.7 Å². The Kier molecular flexibility index (Phi) is 4.66. The predicted molar refractivity (Wildman–Crippen MR) is 81.5 cm³/mol. The highest BCUT2D eigenvalue weighted by Gasteiger charge is 2.16. The first-order chi connectivity index (χ1) is 10.0. The van der Waals surface area contributed by atoms with Crippen LogP contribution < -0.4 is 10.6 Å². The molecule has 0 radical (unpaired) electrons. The minimum atomic E-state index is 0.179. The van der Waals surface area contributed by atoms with Crippen molar-refractivity contribution in [3.8, 4) is 5.95 Å². The molecule has 0 atom stereocenters. The summed E-state index contributed by atoms with van der Waals surface area (Å²) < 4.78 is 1.51. The summed E-state index contributed by atoms with van der Waals surface area (Å²) in [6, 6.07) is 0. The smallest absolute Gasteiger partial charge is 0.258 e. The molecule has 0 aliphatic heterocycles. The molecule has 0 aliphatic carbocycles. The van der Waals surface area contributed by atoms with Gasteiger partial charge in [-0.1, -0.05) is 20.8 Å². The third-order valence-corrected chi connectivity index (χ3v) is 3.26. The maximum Gasteiger partial charge on any atom is 0.258 e. The number of hydrogen-bond donors (Lipinski definition) is 2. The summed E-state index contributed by atoms with van der Waals surface area (Å²) in [5.41, 5.74) is 0.179. The summed E-state index contributed by atoms with van der Waals surface area (Å²) >= 11 is 0. The van der Waals surface area contributed by atoms with Gasteiger partial charge < -0.3 is 10.6 Å². The van der Waals surface area contributed by atoms with E-state index in [0.29, 0.717) is 17.8 Å². The van der Waals surface area contributed by atoms with E-state index in [2.05, 4.69) is 56.4 Å². The van der Waals surface area contributed by atoms with Gasteiger partial charge in [-0.25, -0.2) is 4.98 Å². The van der Waals surface area contributed by atoms with Gasteiger partial charge in [0.15, 0.2) is 0 Å². The van der Waals surface area contributed by atoms with Crippen molar-refractivity contribution < 1.29 is 0 Å². The summed E-state index contributed by atoms with van der Waals surface area (Å²) in [6.45, 7) is 10.1. The Hall–Kier alpha value is -2.25. The van der Waals surface area contributed by atoms with Gasteiger partial charge in [0.05, 0.1) is 0 Å². The van der Waals surface area contributed by atoms with E-state index in [1.807, 2.05) is 6.92 Å². The van der Waals surface area contributed by atoms with E-state index in [0.717, 1.165) is 19.5 Å². The lowest BCUT2D eigenvalue weighted by molar-refractivity contribution is 0.376. The van der Waals surface area contributed by atoms with Crippen LogP contribution in [0.1, 0.15) is 34.1 Å². The Labute approximate surface area is 124 Å². The van der Waals surface area contributed by atoms with Crippen molar-refractivity contribution >= 4 is 11.9 Å². The zero-order valence-corrected chi connectivity index (χ0v) is 13.0. The second kappa shape index (κ2) is 6.47. The fourth-order valence-corrected chi connectivity index (χ4v) is 1.54. The maximum atomic E-state index is 4.38. The molecule has 0 saturated heterocycles. The molecule has 2 N–H and O–H groups in total. The number of anilines is 2. The second-order valence-electron chi connectivity index (χ2n) is 5.52. The first-order valence-electron chi connectivity index (χ1n) is 7.13. The van der Waals surface area contributed by atoms with Crippen molar-refractivity contribution in [1.82, 2.24) is 29.7 Å². The van der Waals surface area contributed by atoms with Gasteiger partial charge in [-0.05, 0) is 18.8 Å². The molecule has 0 amide bonds. The zero-order valence-electron chi connectivity index (χ0n) is 13.0. The predicted octanol–water partition coefficient (Wildman–Crippen LogP) is 1.73. The van der Waals surface area contributed by atoms with Crippen LogP contribution in [0.3, 0.4) is 0 Å². The van der Waals surface area contributed by atoms with Crippen LogP contribution in [0, 0.1) is 5.41 Å². The van der Waals surface area contributed by atoms with E-state index >= 15 is 0 Å². The lowest BCUT2D eigenvalue weighted by Gasteiger charge is -2.22. The normalized spacial score (nSPS) is 11.4. The van der Waals surface area contributed by atoms with Crippen molar-refractivity contribution in [2.45, 2.75) is 34.1 Å². The molecule has 2 heterocycles. The van der Waals surface area contributed by atoms with Crippen LogP contribution in [0.4, 0.5) is 11.9 Å². The fourth-order valence-electron chi connectivity index (χ4n) is 1.54. The van der Waals surface area contributed by atoms with Gasteiger partial charge in [-0.3, -0.25) is 0 Å². The van der Waals surface area contributed by atoms with Crippen LogP contribution >= 0.6 is 0 Å². The highest BCUT2D eigenvalue weighted by Crippen LogP contribution is 2.20. The Balaban J connectivity index is 2.24. The van der Waals surface area contributed by atoms with E-state index in [1.54, 1.807) is 6.33 Å². The number of nitrogens with zero attached hydrogens (tertiary/aromatic N) is 6. The van der Waals surface area contributed by atoms with Crippen LogP contribution in [0.15, 0.2) is 12.7 Å². The summed E-state index contributed by atoms with van der Waals surface area (Å²) in [5, 5.41) is 10.4. The quantitative estimate of drug-likeness (QED) is 0.802. The Morgan fingerprint density at radius 1 is 1.10 bits per heavy atom. The molecule has 0 bridgehead atoms. The summed E-state index contributed by atoms with van der Waals surface area (Å²) in [5.74, 6) is 1.50. The number of aromatic nitrogens is 6. The van der Waals surface area contributed by atoms with Crippen molar-refractivity contribution in [3.05, 3.63) is 12.7 Å². The third kappa shape index (κ3) is 4.11. The van der Waals surface area contributed by atoms with Gasteiger partial charge in [0.25, 0.3) is 5.95 Å². The molecule has 0 unspecified atom stereocenters. The molecular weight excluding hydrogens is 268 g/mol. The molecule has 0 saturated carbocycles. The molecule has 2 aromatic rings. The average Bonchev–Trinajstić information content (AvgIpc) is 3.00. The SMILES string of the molecule is CCNc1nc(NCC(C)(C)CC)nc(-n2cncn2)n1. The highest BCUT2D eigenvalue weighted by molar-refractivity contribution is 5.37. The van der Waals surface area contributed by atoms with Crippen molar-refractivity contribution in [3.63, 3.8) is 0 Å². The zero-order chi connectivity index (χ0) is 15.3. The number of hydrogen-bond acceptors (Lipinski definition) is 7. The number of rotatable bonds is 7. The van der Waals surface area contributed by atoms with Crippen LogP contribution in [0.2, 0.25) is 0 Å². The summed E-state index contributed by atoms with van der Waals surface area (Å²) in [4.78, 5) is 17.0. The highest BCUT2D eigenvalue weighted by atomic mass is 15.4. The lowest BCUT2D eigenvalue weighted by atomic mass is 9.90. The molecule has 8 nitrogen and oxygen atoms in total. The van der Waals surface area contributed by atoms with E-state index in [-0.39, 0.29) is 5.41 Å². The molecule has 21 heavy (non-hydrogen) atoms. The first kappa shape index (κ1) is 15.1.